The van der Waals surface area contributed by atoms with Crippen molar-refractivity contribution in [1.29, 1.82) is 0 Å². The van der Waals surface area contributed by atoms with Gasteiger partial charge in [0, 0.05) is 63.2 Å². The Morgan fingerprint density at radius 3 is 2.75 bits per heavy atom. The van der Waals surface area contributed by atoms with Crippen molar-refractivity contribution in [1.82, 2.24) is 29.2 Å². The molecule has 4 aromatic rings. The molecule has 0 unspecified atom stereocenters. The van der Waals surface area contributed by atoms with Crippen LogP contribution in [0.15, 0.2) is 51.5 Å². The fourth-order valence-electron chi connectivity index (χ4n) is 3.99. The van der Waals surface area contributed by atoms with Crippen LogP contribution in [0.5, 0.6) is 0 Å². The number of piperazine rings is 1. The van der Waals surface area contributed by atoms with E-state index in [-0.39, 0.29) is 17.0 Å². The molecule has 0 spiro atoms. The van der Waals surface area contributed by atoms with Crippen molar-refractivity contribution in [2.24, 2.45) is 0 Å². The van der Waals surface area contributed by atoms with Gasteiger partial charge in [0.05, 0.1) is 16.6 Å². The number of carbonyl (C=O) groups excluding carboxylic acids is 1. The molecule has 1 N–H and O–H groups in total. The van der Waals surface area contributed by atoms with E-state index in [4.69, 9.17) is 0 Å². The number of hydrogen-bond acceptors (Lipinski definition) is 7. The van der Waals surface area contributed by atoms with Gasteiger partial charge in [0.25, 0.3) is 11.1 Å². The predicted molar refractivity (Wildman–Crippen MR) is 122 cm³/mol. The van der Waals surface area contributed by atoms with Gasteiger partial charge in [-0.05, 0) is 12.1 Å². The molecule has 4 heterocycles. The van der Waals surface area contributed by atoms with E-state index < -0.39 is 0 Å². The number of benzene rings is 1. The second kappa shape index (κ2) is 8.64. The summed E-state index contributed by atoms with van der Waals surface area (Å²) in [5, 5.41) is 2.40. The largest absolute Gasteiger partial charge is 0.340 e. The molecule has 1 aromatic carbocycles. The number of fused-ring (bicyclic) bond motifs is 2. The minimum atomic E-state index is -0.180. The van der Waals surface area contributed by atoms with Gasteiger partial charge < -0.3 is 9.88 Å². The molecule has 1 aliphatic heterocycles. The quantitative estimate of drug-likeness (QED) is 0.491. The topological polar surface area (TPSA) is 104 Å². The Hall–Kier alpha value is -3.37. The molecule has 1 aliphatic rings. The minimum Gasteiger partial charge on any atom is -0.340 e. The molecule has 32 heavy (non-hydrogen) atoms. The van der Waals surface area contributed by atoms with E-state index in [2.05, 4.69) is 19.9 Å². The molecule has 1 fully saturated rings. The zero-order valence-electron chi connectivity index (χ0n) is 17.4. The lowest BCUT2D eigenvalue weighted by Gasteiger charge is -2.34. The molecule has 0 radical (unpaired) electrons. The fourth-order valence-corrected chi connectivity index (χ4v) is 4.73. The van der Waals surface area contributed by atoms with Gasteiger partial charge in [0.2, 0.25) is 5.91 Å². The smallest absolute Gasteiger partial charge is 0.258 e. The highest BCUT2D eigenvalue weighted by atomic mass is 32.1. The second-order valence-corrected chi connectivity index (χ2v) is 8.70. The highest BCUT2D eigenvalue weighted by Crippen LogP contribution is 2.12. The van der Waals surface area contributed by atoms with Crippen molar-refractivity contribution in [3.63, 3.8) is 0 Å². The van der Waals surface area contributed by atoms with Crippen LogP contribution in [0.3, 0.4) is 0 Å². The SMILES string of the molecule is O=C(CCc1nc2ccccc2c(=O)[nH]1)N1CCN(Cc2cc(=O)n3ccsc3n2)CC1. The number of thiazole rings is 1. The van der Waals surface area contributed by atoms with Crippen molar-refractivity contribution in [2.45, 2.75) is 19.4 Å². The van der Waals surface area contributed by atoms with Crippen molar-refractivity contribution in [2.75, 3.05) is 26.2 Å². The van der Waals surface area contributed by atoms with E-state index in [9.17, 15) is 14.4 Å². The number of nitrogens with zero attached hydrogens (tertiary/aromatic N) is 5. The Balaban J connectivity index is 1.16. The maximum atomic E-state index is 12.7. The van der Waals surface area contributed by atoms with Gasteiger partial charge in [-0.1, -0.05) is 12.1 Å². The average Bonchev–Trinajstić information content (AvgIpc) is 3.27. The summed E-state index contributed by atoms with van der Waals surface area (Å²) in [7, 11) is 0. The van der Waals surface area contributed by atoms with Crippen molar-refractivity contribution in [3.8, 4) is 0 Å². The third-order valence-corrected chi connectivity index (χ3v) is 6.46. The lowest BCUT2D eigenvalue weighted by atomic mass is 10.2. The van der Waals surface area contributed by atoms with Gasteiger partial charge in [-0.3, -0.25) is 23.7 Å². The summed E-state index contributed by atoms with van der Waals surface area (Å²) in [6.45, 7) is 3.29. The van der Waals surface area contributed by atoms with Gasteiger partial charge in [-0.15, -0.1) is 11.3 Å². The molecule has 1 saturated heterocycles. The molecule has 1 amide bonds. The van der Waals surface area contributed by atoms with Gasteiger partial charge in [0.15, 0.2) is 4.96 Å². The highest BCUT2D eigenvalue weighted by molar-refractivity contribution is 7.15. The van der Waals surface area contributed by atoms with E-state index in [1.165, 1.54) is 11.3 Å². The molecule has 9 nitrogen and oxygen atoms in total. The van der Waals surface area contributed by atoms with Crippen LogP contribution in [0.2, 0.25) is 0 Å². The normalized spacial score (nSPS) is 14.9. The Bertz CT molecular complexity index is 1400. The first-order chi connectivity index (χ1) is 15.6. The van der Waals surface area contributed by atoms with Gasteiger partial charge >= 0.3 is 0 Å². The second-order valence-electron chi connectivity index (χ2n) is 7.83. The maximum Gasteiger partial charge on any atom is 0.258 e. The van der Waals surface area contributed by atoms with Gasteiger partial charge in [0.1, 0.15) is 5.82 Å². The van der Waals surface area contributed by atoms with Crippen LogP contribution in [0.25, 0.3) is 15.9 Å². The molecule has 0 bridgehead atoms. The van der Waals surface area contributed by atoms with E-state index in [1.807, 2.05) is 16.3 Å². The number of para-hydroxylation sites is 1. The van der Waals surface area contributed by atoms with E-state index in [0.29, 0.717) is 54.2 Å². The van der Waals surface area contributed by atoms with Crippen molar-refractivity contribution < 1.29 is 4.79 Å². The predicted octanol–water partition coefficient (Wildman–Crippen LogP) is 1.27. The zero-order valence-corrected chi connectivity index (χ0v) is 18.2. The Labute approximate surface area is 187 Å². The standard InChI is InChI=1S/C22H22N6O3S/c29-19(6-5-18-24-17-4-2-1-3-16(17)21(31)25-18)27-9-7-26(8-10-27)14-15-13-20(30)28-11-12-32-22(28)23-15/h1-4,11-13H,5-10,14H2,(H,24,25,31). The first kappa shape index (κ1) is 20.5. The fraction of sp³-hybridized carbons (Fsp3) is 0.318. The molecular weight excluding hydrogens is 428 g/mol. The number of aromatic amines is 1. The molecule has 0 saturated carbocycles. The first-order valence-electron chi connectivity index (χ1n) is 10.5. The molecule has 0 aliphatic carbocycles. The minimum absolute atomic E-state index is 0.0526. The molecule has 5 rings (SSSR count). The van der Waals surface area contributed by atoms with Crippen LogP contribution in [0, 0.1) is 0 Å². The van der Waals surface area contributed by atoms with Gasteiger partial charge in [-0.2, -0.15) is 0 Å². The van der Waals surface area contributed by atoms with Crippen molar-refractivity contribution >= 4 is 33.1 Å². The number of amides is 1. The number of rotatable bonds is 5. The van der Waals surface area contributed by atoms with Crippen LogP contribution in [0.1, 0.15) is 17.9 Å². The molecule has 3 aromatic heterocycles. The number of hydrogen-bond donors (Lipinski definition) is 1. The van der Waals surface area contributed by atoms with Crippen LogP contribution < -0.4 is 11.1 Å². The number of aryl methyl sites for hydroxylation is 1. The summed E-state index contributed by atoms with van der Waals surface area (Å²) in [4.78, 5) is 53.6. The lowest BCUT2D eigenvalue weighted by Crippen LogP contribution is -2.48. The summed E-state index contributed by atoms with van der Waals surface area (Å²) in [5.74, 6) is 0.582. The summed E-state index contributed by atoms with van der Waals surface area (Å²) in [6, 6.07) is 8.76. The third-order valence-electron chi connectivity index (χ3n) is 5.70. The molecule has 0 atom stereocenters. The summed E-state index contributed by atoms with van der Waals surface area (Å²) >= 11 is 1.44. The maximum absolute atomic E-state index is 12.7. The summed E-state index contributed by atoms with van der Waals surface area (Å²) in [5.41, 5.74) is 1.14. The Morgan fingerprint density at radius 1 is 1.09 bits per heavy atom. The summed E-state index contributed by atoms with van der Waals surface area (Å²) in [6.07, 6.45) is 2.43. The van der Waals surface area contributed by atoms with E-state index in [0.717, 1.165) is 18.8 Å². The van der Waals surface area contributed by atoms with Crippen LogP contribution in [-0.4, -0.2) is 61.2 Å². The zero-order chi connectivity index (χ0) is 22.1. The monoisotopic (exact) mass is 450 g/mol. The van der Waals surface area contributed by atoms with Crippen LogP contribution in [-0.2, 0) is 17.8 Å². The lowest BCUT2D eigenvalue weighted by molar-refractivity contribution is -0.133. The van der Waals surface area contributed by atoms with Crippen molar-refractivity contribution in [3.05, 3.63) is 74.1 Å². The first-order valence-corrected chi connectivity index (χ1v) is 11.4. The number of nitrogens with one attached hydrogen (secondary N) is 1. The van der Waals surface area contributed by atoms with E-state index >= 15 is 0 Å². The van der Waals surface area contributed by atoms with Gasteiger partial charge in [-0.25, -0.2) is 9.97 Å². The molecule has 10 heteroatoms. The molecular formula is C22H22N6O3S. The summed E-state index contributed by atoms with van der Waals surface area (Å²) < 4.78 is 1.54. The number of aromatic nitrogens is 4. The Morgan fingerprint density at radius 2 is 1.91 bits per heavy atom. The van der Waals surface area contributed by atoms with Crippen LogP contribution >= 0.6 is 11.3 Å². The van der Waals surface area contributed by atoms with E-state index in [1.54, 1.807) is 34.9 Å². The molecule has 164 valence electrons. The Kier molecular flexibility index (Phi) is 5.54. The highest BCUT2D eigenvalue weighted by Gasteiger charge is 2.22. The number of H-pyrrole nitrogens is 1. The van der Waals surface area contributed by atoms with Crippen LogP contribution in [0.4, 0.5) is 0 Å². The third kappa shape index (κ3) is 4.19. The average molecular weight is 451 g/mol. The number of carbonyl (C=O) groups is 1.